The summed E-state index contributed by atoms with van der Waals surface area (Å²) in [4.78, 5) is 20.7. The molecule has 18 heavy (non-hydrogen) atoms. The third kappa shape index (κ3) is 2.35. The van der Waals surface area contributed by atoms with Crippen LogP contribution < -0.4 is 5.56 Å². The molecule has 8 heteroatoms. The molecule has 4 nitrogen and oxygen atoms in total. The summed E-state index contributed by atoms with van der Waals surface area (Å²) >= 11 is 5.39. The number of aromatic amines is 1. The predicted molar refractivity (Wildman–Crippen MR) is 58.1 cm³/mol. The first-order chi connectivity index (χ1) is 8.39. The van der Waals surface area contributed by atoms with Crippen molar-refractivity contribution in [3.8, 4) is 11.5 Å². The van der Waals surface area contributed by atoms with Gasteiger partial charge in [-0.3, -0.25) is 9.78 Å². The first-order valence-electron chi connectivity index (χ1n) is 4.68. The van der Waals surface area contributed by atoms with Gasteiger partial charge in [-0.05, 0) is 12.1 Å². The van der Waals surface area contributed by atoms with Crippen molar-refractivity contribution >= 4 is 11.6 Å². The van der Waals surface area contributed by atoms with Crippen LogP contribution in [0.25, 0.3) is 11.5 Å². The highest BCUT2D eigenvalue weighted by atomic mass is 35.5. The second-order valence-corrected chi connectivity index (χ2v) is 3.65. The van der Waals surface area contributed by atoms with Gasteiger partial charge in [-0.15, -0.1) is 0 Å². The number of halogens is 4. The number of H-pyrrole nitrogens is 1. The molecule has 0 aliphatic carbocycles. The summed E-state index contributed by atoms with van der Waals surface area (Å²) in [6.45, 7) is 0. The fourth-order valence-corrected chi connectivity index (χ4v) is 1.59. The number of rotatable bonds is 1. The van der Waals surface area contributed by atoms with Gasteiger partial charge in [-0.25, -0.2) is 4.98 Å². The molecular formula is C10H5ClF3N3O. The van der Waals surface area contributed by atoms with Crippen molar-refractivity contribution < 1.29 is 13.2 Å². The van der Waals surface area contributed by atoms with Gasteiger partial charge < -0.3 is 4.98 Å². The minimum atomic E-state index is -4.85. The molecule has 0 amide bonds. The molecule has 0 bridgehead atoms. The van der Waals surface area contributed by atoms with Crippen molar-refractivity contribution in [1.29, 1.82) is 0 Å². The molecular weight excluding hydrogens is 271 g/mol. The number of alkyl halides is 3. The predicted octanol–water partition coefficient (Wildman–Crippen LogP) is 2.50. The number of hydrogen-bond acceptors (Lipinski definition) is 3. The highest BCUT2D eigenvalue weighted by Crippen LogP contribution is 2.31. The topological polar surface area (TPSA) is 58.6 Å². The van der Waals surface area contributed by atoms with Crippen LogP contribution >= 0.6 is 11.6 Å². The molecule has 0 aromatic carbocycles. The Labute approximate surface area is 103 Å². The molecule has 2 heterocycles. The Morgan fingerprint density at radius 1 is 1.28 bits per heavy atom. The van der Waals surface area contributed by atoms with Crippen LogP contribution in [-0.2, 0) is 6.18 Å². The summed E-state index contributed by atoms with van der Waals surface area (Å²) in [5.41, 5.74) is -2.63. The number of nitrogens with one attached hydrogen (secondary N) is 1. The zero-order chi connectivity index (χ0) is 13.3. The quantitative estimate of drug-likeness (QED) is 0.814. The second kappa shape index (κ2) is 4.41. The molecule has 94 valence electrons. The molecule has 0 saturated carbocycles. The minimum absolute atomic E-state index is 0.112. The number of nitrogens with zero attached hydrogens (tertiary/aromatic N) is 2. The Morgan fingerprint density at radius 2 is 2.00 bits per heavy atom. The van der Waals surface area contributed by atoms with E-state index in [0.717, 1.165) is 0 Å². The largest absolute Gasteiger partial charge is 0.424 e. The van der Waals surface area contributed by atoms with Gasteiger partial charge in [0.1, 0.15) is 10.8 Å². The van der Waals surface area contributed by atoms with Crippen molar-refractivity contribution in [3.05, 3.63) is 45.5 Å². The van der Waals surface area contributed by atoms with E-state index in [-0.39, 0.29) is 11.5 Å². The van der Waals surface area contributed by atoms with Crippen LogP contribution in [0.1, 0.15) is 5.56 Å². The molecule has 2 aromatic rings. The molecule has 2 rings (SSSR count). The number of pyridine rings is 1. The van der Waals surface area contributed by atoms with Gasteiger partial charge in [0.05, 0.1) is 0 Å². The van der Waals surface area contributed by atoms with Crippen molar-refractivity contribution in [1.82, 2.24) is 15.0 Å². The molecule has 0 aliphatic heterocycles. The summed E-state index contributed by atoms with van der Waals surface area (Å²) in [6, 6.07) is 4.71. The van der Waals surface area contributed by atoms with E-state index in [1.807, 2.05) is 4.98 Å². The minimum Gasteiger partial charge on any atom is -0.305 e. The van der Waals surface area contributed by atoms with E-state index in [0.29, 0.717) is 0 Å². The Kier molecular flexibility index (Phi) is 3.08. The molecule has 0 atom stereocenters. The summed E-state index contributed by atoms with van der Waals surface area (Å²) in [5, 5.41) is -0.896. The maximum Gasteiger partial charge on any atom is 0.424 e. The summed E-state index contributed by atoms with van der Waals surface area (Å²) in [7, 11) is 0. The lowest BCUT2D eigenvalue weighted by molar-refractivity contribution is -0.138. The molecule has 2 aromatic heterocycles. The van der Waals surface area contributed by atoms with Gasteiger partial charge >= 0.3 is 6.18 Å². The monoisotopic (exact) mass is 275 g/mol. The van der Waals surface area contributed by atoms with Crippen LogP contribution in [0.4, 0.5) is 13.2 Å². The molecule has 0 spiro atoms. The van der Waals surface area contributed by atoms with Crippen LogP contribution in [0.5, 0.6) is 0 Å². The van der Waals surface area contributed by atoms with Gasteiger partial charge in [-0.1, -0.05) is 17.7 Å². The van der Waals surface area contributed by atoms with Gasteiger partial charge in [0.2, 0.25) is 0 Å². The molecule has 0 aliphatic rings. The first kappa shape index (κ1) is 12.6. The maximum absolute atomic E-state index is 12.5. The van der Waals surface area contributed by atoms with E-state index in [1.54, 1.807) is 12.1 Å². The zero-order valence-electron chi connectivity index (χ0n) is 8.62. The van der Waals surface area contributed by atoms with Gasteiger partial charge in [-0.2, -0.15) is 13.2 Å². The highest BCUT2D eigenvalue weighted by molar-refractivity contribution is 6.30. The van der Waals surface area contributed by atoms with Gasteiger partial charge in [0.15, 0.2) is 11.4 Å². The van der Waals surface area contributed by atoms with Crippen molar-refractivity contribution in [2.75, 3.05) is 0 Å². The Bertz CT molecular complexity index is 625. The van der Waals surface area contributed by atoms with E-state index in [2.05, 4.69) is 9.97 Å². The molecule has 1 N–H and O–H groups in total. The van der Waals surface area contributed by atoms with Crippen LogP contribution in [0.3, 0.4) is 0 Å². The molecule has 0 unspecified atom stereocenters. The van der Waals surface area contributed by atoms with E-state index < -0.39 is 22.5 Å². The van der Waals surface area contributed by atoms with E-state index in [4.69, 9.17) is 11.6 Å². The average Bonchev–Trinajstić information content (AvgIpc) is 2.27. The zero-order valence-corrected chi connectivity index (χ0v) is 9.38. The lowest BCUT2D eigenvalue weighted by Crippen LogP contribution is -2.23. The van der Waals surface area contributed by atoms with E-state index in [9.17, 15) is 18.0 Å². The van der Waals surface area contributed by atoms with Crippen LogP contribution in [-0.4, -0.2) is 15.0 Å². The van der Waals surface area contributed by atoms with Crippen LogP contribution in [0, 0.1) is 0 Å². The average molecular weight is 276 g/mol. The Balaban J connectivity index is 2.61. The molecule has 0 radical (unpaired) electrons. The van der Waals surface area contributed by atoms with Crippen molar-refractivity contribution in [2.24, 2.45) is 0 Å². The SMILES string of the molecule is O=c1[nH]c(-c2ccccn2)nc(Cl)c1C(F)(F)F. The Hall–Kier alpha value is -1.89. The standard InChI is InChI=1S/C10H5ClF3N3O/c11-7-6(10(12,13)14)9(18)17-8(16-7)5-3-1-2-4-15-5/h1-4H,(H,16,17,18). The number of aromatic nitrogens is 3. The summed E-state index contributed by atoms with van der Waals surface area (Å²) < 4.78 is 37.5. The Morgan fingerprint density at radius 3 is 2.50 bits per heavy atom. The molecule has 0 fully saturated rings. The van der Waals surface area contributed by atoms with Gasteiger partial charge in [0.25, 0.3) is 5.56 Å². The lowest BCUT2D eigenvalue weighted by Gasteiger charge is -2.08. The van der Waals surface area contributed by atoms with E-state index >= 15 is 0 Å². The maximum atomic E-state index is 12.5. The van der Waals surface area contributed by atoms with Crippen LogP contribution in [0.15, 0.2) is 29.2 Å². The van der Waals surface area contributed by atoms with Crippen molar-refractivity contribution in [2.45, 2.75) is 6.18 Å². The fourth-order valence-electron chi connectivity index (χ4n) is 1.32. The molecule has 0 saturated heterocycles. The van der Waals surface area contributed by atoms with E-state index in [1.165, 1.54) is 12.3 Å². The fraction of sp³-hybridized carbons (Fsp3) is 0.100. The first-order valence-corrected chi connectivity index (χ1v) is 5.06. The second-order valence-electron chi connectivity index (χ2n) is 3.29. The van der Waals surface area contributed by atoms with Crippen molar-refractivity contribution in [3.63, 3.8) is 0 Å². The third-order valence-corrected chi connectivity index (χ3v) is 2.34. The van der Waals surface area contributed by atoms with Crippen LogP contribution in [0.2, 0.25) is 5.15 Å². The smallest absolute Gasteiger partial charge is 0.305 e. The number of hydrogen-bond donors (Lipinski definition) is 1. The highest BCUT2D eigenvalue weighted by Gasteiger charge is 2.37. The third-order valence-electron chi connectivity index (χ3n) is 2.07. The lowest BCUT2D eigenvalue weighted by atomic mass is 10.3. The van der Waals surface area contributed by atoms with Gasteiger partial charge in [0, 0.05) is 6.20 Å². The summed E-state index contributed by atoms with van der Waals surface area (Å²) in [6.07, 6.45) is -3.43. The summed E-state index contributed by atoms with van der Waals surface area (Å²) in [5.74, 6) is -0.112. The normalized spacial score (nSPS) is 11.6.